The van der Waals surface area contributed by atoms with Crippen molar-refractivity contribution in [2.24, 2.45) is 0 Å². The van der Waals surface area contributed by atoms with Crippen LogP contribution in [0.4, 0.5) is 10.1 Å². The zero-order chi connectivity index (χ0) is 18.1. The average Bonchev–Trinajstić information content (AvgIpc) is 2.62. The molecule has 0 aliphatic carbocycles. The number of hydrogen-bond acceptors (Lipinski definition) is 3. The van der Waals surface area contributed by atoms with Gasteiger partial charge in [0.1, 0.15) is 5.82 Å². The van der Waals surface area contributed by atoms with E-state index in [1.54, 1.807) is 24.3 Å². The number of ether oxygens (including phenoxy) is 1. The van der Waals surface area contributed by atoms with Gasteiger partial charge in [0.15, 0.2) is 0 Å². The van der Waals surface area contributed by atoms with Crippen LogP contribution in [0.5, 0.6) is 0 Å². The van der Waals surface area contributed by atoms with Crippen LogP contribution in [0.1, 0.15) is 34.1 Å². The number of amides is 2. The fraction of sp³-hybridized carbons (Fsp3) is 0.263. The maximum absolute atomic E-state index is 13.2. The van der Waals surface area contributed by atoms with E-state index in [1.165, 1.54) is 18.2 Å². The minimum atomic E-state index is -0.493. The van der Waals surface area contributed by atoms with Gasteiger partial charge in [0, 0.05) is 25.3 Å². The smallest absolute Gasteiger partial charge is 0.255 e. The Kier molecular flexibility index (Phi) is 7.10. The van der Waals surface area contributed by atoms with Crippen LogP contribution in [0.15, 0.2) is 48.5 Å². The number of carbonyl (C=O) groups is 2. The third-order valence-electron chi connectivity index (χ3n) is 3.46. The number of benzene rings is 2. The van der Waals surface area contributed by atoms with Crippen LogP contribution in [-0.2, 0) is 4.74 Å². The molecule has 2 aromatic rings. The van der Waals surface area contributed by atoms with Crippen molar-refractivity contribution in [3.63, 3.8) is 0 Å². The summed E-state index contributed by atoms with van der Waals surface area (Å²) in [4.78, 5) is 24.6. The van der Waals surface area contributed by atoms with Crippen LogP contribution in [0.3, 0.4) is 0 Å². The van der Waals surface area contributed by atoms with Crippen LogP contribution in [-0.4, -0.2) is 31.6 Å². The maximum atomic E-state index is 13.2. The molecular formula is C19H21FN2O3. The van der Waals surface area contributed by atoms with Crippen LogP contribution in [0.25, 0.3) is 0 Å². The van der Waals surface area contributed by atoms with Crippen molar-refractivity contribution in [2.75, 3.05) is 25.1 Å². The molecule has 0 spiro atoms. The highest BCUT2D eigenvalue weighted by atomic mass is 19.1. The molecule has 6 heteroatoms. The number of halogens is 1. The van der Waals surface area contributed by atoms with E-state index in [0.29, 0.717) is 37.4 Å². The minimum Gasteiger partial charge on any atom is -0.382 e. The van der Waals surface area contributed by atoms with Gasteiger partial charge in [0.05, 0.1) is 11.3 Å². The molecule has 0 radical (unpaired) electrons. The van der Waals surface area contributed by atoms with E-state index in [1.807, 2.05) is 6.92 Å². The van der Waals surface area contributed by atoms with E-state index in [-0.39, 0.29) is 11.5 Å². The summed E-state index contributed by atoms with van der Waals surface area (Å²) in [6.07, 6.45) is 0.706. The summed E-state index contributed by atoms with van der Waals surface area (Å²) in [7, 11) is 0. The van der Waals surface area contributed by atoms with Crippen LogP contribution in [0.2, 0.25) is 0 Å². The molecule has 2 amide bonds. The largest absolute Gasteiger partial charge is 0.382 e. The molecule has 2 aromatic carbocycles. The minimum absolute atomic E-state index is 0.187. The Hall–Kier alpha value is -2.73. The Bertz CT molecular complexity index is 734. The predicted octanol–water partition coefficient (Wildman–Crippen LogP) is 3.23. The molecule has 0 unspecified atom stereocenters. The number of nitrogens with one attached hydrogen (secondary N) is 2. The molecule has 0 aliphatic rings. The lowest BCUT2D eigenvalue weighted by atomic mass is 10.1. The molecule has 2 rings (SSSR count). The first kappa shape index (κ1) is 18.6. The van der Waals surface area contributed by atoms with Gasteiger partial charge in [0.2, 0.25) is 0 Å². The molecule has 0 heterocycles. The number of hydrogen-bond donors (Lipinski definition) is 2. The molecule has 0 saturated heterocycles. The second-order valence-electron chi connectivity index (χ2n) is 5.32. The molecule has 0 atom stereocenters. The van der Waals surface area contributed by atoms with Gasteiger partial charge in [0.25, 0.3) is 11.8 Å². The second kappa shape index (κ2) is 9.54. The van der Waals surface area contributed by atoms with Crippen molar-refractivity contribution < 1.29 is 18.7 Å². The molecule has 0 aliphatic heterocycles. The molecular weight excluding hydrogens is 323 g/mol. The van der Waals surface area contributed by atoms with Crippen molar-refractivity contribution in [1.29, 1.82) is 0 Å². The molecule has 0 aromatic heterocycles. The van der Waals surface area contributed by atoms with Gasteiger partial charge in [-0.2, -0.15) is 0 Å². The van der Waals surface area contributed by atoms with Gasteiger partial charge in [-0.25, -0.2) is 4.39 Å². The summed E-state index contributed by atoms with van der Waals surface area (Å²) in [6.45, 7) is 3.61. The van der Waals surface area contributed by atoms with Crippen LogP contribution < -0.4 is 10.6 Å². The summed E-state index contributed by atoms with van der Waals surface area (Å²) < 4.78 is 18.5. The maximum Gasteiger partial charge on any atom is 0.255 e. The molecule has 2 N–H and O–H groups in total. The predicted molar refractivity (Wildman–Crippen MR) is 94.2 cm³/mol. The summed E-state index contributed by atoms with van der Waals surface area (Å²) >= 11 is 0. The van der Waals surface area contributed by atoms with Gasteiger partial charge < -0.3 is 15.4 Å². The van der Waals surface area contributed by atoms with Crippen molar-refractivity contribution >= 4 is 17.5 Å². The summed E-state index contributed by atoms with van der Waals surface area (Å²) in [5.74, 6) is -1.25. The van der Waals surface area contributed by atoms with Gasteiger partial charge in [-0.3, -0.25) is 9.59 Å². The highest BCUT2D eigenvalue weighted by Crippen LogP contribution is 2.16. The van der Waals surface area contributed by atoms with E-state index >= 15 is 0 Å². The fourth-order valence-corrected chi connectivity index (χ4v) is 2.23. The lowest BCUT2D eigenvalue weighted by molar-refractivity contribution is 0.0945. The summed E-state index contributed by atoms with van der Waals surface area (Å²) in [6, 6.07) is 12.1. The van der Waals surface area contributed by atoms with Crippen molar-refractivity contribution in [1.82, 2.24) is 5.32 Å². The number of para-hydroxylation sites is 1. The normalized spacial score (nSPS) is 10.3. The van der Waals surface area contributed by atoms with Crippen molar-refractivity contribution in [2.45, 2.75) is 13.3 Å². The third-order valence-corrected chi connectivity index (χ3v) is 3.46. The van der Waals surface area contributed by atoms with E-state index in [0.717, 1.165) is 6.07 Å². The quantitative estimate of drug-likeness (QED) is 0.723. The van der Waals surface area contributed by atoms with Crippen molar-refractivity contribution in [3.8, 4) is 0 Å². The zero-order valence-electron chi connectivity index (χ0n) is 14.0. The lowest BCUT2D eigenvalue weighted by Crippen LogP contribution is -2.26. The summed E-state index contributed by atoms with van der Waals surface area (Å²) in [5, 5.41) is 5.44. The number of rotatable bonds is 8. The molecule has 0 saturated carbocycles. The van der Waals surface area contributed by atoms with E-state index in [4.69, 9.17) is 4.74 Å². The molecule has 5 nitrogen and oxygen atoms in total. The average molecular weight is 344 g/mol. The number of anilines is 1. The standard InChI is InChI=1S/C19H21FN2O3/c1-2-25-12-6-11-21-19(24)16-9-3-4-10-17(16)22-18(23)14-7-5-8-15(20)13-14/h3-5,7-10,13H,2,6,11-12H2,1H3,(H,21,24)(H,22,23). The second-order valence-corrected chi connectivity index (χ2v) is 5.32. The third kappa shape index (κ3) is 5.69. The Morgan fingerprint density at radius 2 is 1.88 bits per heavy atom. The van der Waals surface area contributed by atoms with E-state index < -0.39 is 11.7 Å². The number of carbonyl (C=O) groups excluding carboxylic acids is 2. The Morgan fingerprint density at radius 1 is 1.08 bits per heavy atom. The zero-order valence-corrected chi connectivity index (χ0v) is 14.0. The first-order chi connectivity index (χ1) is 12.1. The SMILES string of the molecule is CCOCCCNC(=O)c1ccccc1NC(=O)c1cccc(F)c1. The Balaban J connectivity index is 2.02. The topological polar surface area (TPSA) is 67.4 Å². The lowest BCUT2D eigenvalue weighted by Gasteiger charge is -2.11. The van der Waals surface area contributed by atoms with E-state index in [9.17, 15) is 14.0 Å². The first-order valence-corrected chi connectivity index (χ1v) is 8.13. The van der Waals surface area contributed by atoms with Gasteiger partial charge in [-0.05, 0) is 43.7 Å². The van der Waals surface area contributed by atoms with Gasteiger partial charge in [-0.1, -0.05) is 18.2 Å². The van der Waals surface area contributed by atoms with Crippen LogP contribution >= 0.6 is 0 Å². The van der Waals surface area contributed by atoms with E-state index in [2.05, 4.69) is 10.6 Å². The van der Waals surface area contributed by atoms with Gasteiger partial charge in [-0.15, -0.1) is 0 Å². The van der Waals surface area contributed by atoms with Crippen LogP contribution in [0, 0.1) is 5.82 Å². The molecule has 0 bridgehead atoms. The Morgan fingerprint density at radius 3 is 2.64 bits per heavy atom. The Labute approximate surface area is 146 Å². The highest BCUT2D eigenvalue weighted by molar-refractivity contribution is 6.08. The molecule has 132 valence electrons. The fourth-order valence-electron chi connectivity index (χ4n) is 2.23. The van der Waals surface area contributed by atoms with Crippen molar-refractivity contribution in [3.05, 3.63) is 65.5 Å². The molecule has 25 heavy (non-hydrogen) atoms. The first-order valence-electron chi connectivity index (χ1n) is 8.13. The monoisotopic (exact) mass is 344 g/mol. The summed E-state index contributed by atoms with van der Waals surface area (Å²) in [5.41, 5.74) is 0.912. The highest BCUT2D eigenvalue weighted by Gasteiger charge is 2.14. The molecule has 0 fully saturated rings. The van der Waals surface area contributed by atoms with Gasteiger partial charge >= 0.3 is 0 Å².